The Morgan fingerprint density at radius 2 is 1.95 bits per heavy atom. The second kappa shape index (κ2) is 7.45. The quantitative estimate of drug-likeness (QED) is 0.733. The lowest BCUT2D eigenvalue weighted by atomic mass is 9.86. The number of nitrogens with zero attached hydrogens (tertiary/aromatic N) is 2. The molecule has 1 aromatic heterocycles. The van der Waals surface area contributed by atoms with Crippen molar-refractivity contribution in [1.82, 2.24) is 9.55 Å². The molecule has 0 fully saturated rings. The second-order valence-corrected chi connectivity index (χ2v) is 6.49. The van der Waals surface area contributed by atoms with E-state index in [-0.39, 0.29) is 5.41 Å². The zero-order valence-corrected chi connectivity index (χ0v) is 14.0. The standard InChI is InChI=1S/C18H26N2O2/c1-15-13-16(18(2,3)4)5-6-17(15)22-12-11-21-10-9-20-8-7-19-14-20/h5-8,13-14H,9-12H2,1-4H3. The molecule has 0 radical (unpaired) electrons. The maximum atomic E-state index is 5.80. The molecule has 1 heterocycles. The van der Waals surface area contributed by atoms with Crippen LogP contribution in [0.15, 0.2) is 36.9 Å². The Morgan fingerprint density at radius 1 is 1.14 bits per heavy atom. The Bertz CT molecular complexity index is 571. The average molecular weight is 302 g/mol. The van der Waals surface area contributed by atoms with Gasteiger partial charge in [0.2, 0.25) is 0 Å². The van der Waals surface area contributed by atoms with Crippen LogP contribution in [0.1, 0.15) is 31.9 Å². The van der Waals surface area contributed by atoms with E-state index in [1.807, 2.05) is 10.8 Å². The van der Waals surface area contributed by atoms with Crippen molar-refractivity contribution >= 4 is 0 Å². The zero-order valence-electron chi connectivity index (χ0n) is 14.0. The third kappa shape index (κ3) is 4.88. The predicted octanol–water partition coefficient (Wildman–Crippen LogP) is 3.58. The van der Waals surface area contributed by atoms with Crippen LogP contribution in [-0.2, 0) is 16.7 Å². The highest BCUT2D eigenvalue weighted by Gasteiger charge is 2.14. The molecular weight excluding hydrogens is 276 g/mol. The van der Waals surface area contributed by atoms with Crippen molar-refractivity contribution in [3.63, 3.8) is 0 Å². The molecular formula is C18H26N2O2. The summed E-state index contributed by atoms with van der Waals surface area (Å²) in [5.41, 5.74) is 2.67. The minimum atomic E-state index is 0.166. The molecule has 0 unspecified atom stereocenters. The van der Waals surface area contributed by atoms with Crippen molar-refractivity contribution in [2.75, 3.05) is 19.8 Å². The highest BCUT2D eigenvalue weighted by Crippen LogP contribution is 2.27. The molecule has 1 aromatic carbocycles. The number of aryl methyl sites for hydroxylation is 1. The minimum Gasteiger partial charge on any atom is -0.491 e. The van der Waals surface area contributed by atoms with Gasteiger partial charge in [-0.15, -0.1) is 0 Å². The van der Waals surface area contributed by atoms with Gasteiger partial charge in [-0.05, 0) is 29.5 Å². The van der Waals surface area contributed by atoms with E-state index in [9.17, 15) is 0 Å². The molecule has 0 aliphatic carbocycles. The molecule has 0 saturated heterocycles. The summed E-state index contributed by atoms with van der Waals surface area (Å²) in [7, 11) is 0. The molecule has 0 N–H and O–H groups in total. The molecule has 0 aliphatic heterocycles. The third-order valence-corrected chi connectivity index (χ3v) is 3.58. The first-order valence-electron chi connectivity index (χ1n) is 7.74. The predicted molar refractivity (Wildman–Crippen MR) is 88.4 cm³/mol. The van der Waals surface area contributed by atoms with E-state index >= 15 is 0 Å². The Labute approximate surface area is 133 Å². The molecule has 2 aromatic rings. The van der Waals surface area contributed by atoms with Crippen LogP contribution < -0.4 is 4.74 Å². The van der Waals surface area contributed by atoms with E-state index in [2.05, 4.69) is 50.9 Å². The SMILES string of the molecule is Cc1cc(C(C)(C)C)ccc1OCCOCCn1ccnc1. The van der Waals surface area contributed by atoms with Crippen molar-refractivity contribution in [3.05, 3.63) is 48.0 Å². The van der Waals surface area contributed by atoms with Crippen LogP contribution in [0.25, 0.3) is 0 Å². The van der Waals surface area contributed by atoms with Crippen molar-refractivity contribution < 1.29 is 9.47 Å². The fourth-order valence-electron chi connectivity index (χ4n) is 2.18. The summed E-state index contributed by atoms with van der Waals surface area (Å²) in [6.07, 6.45) is 5.49. The Kier molecular flexibility index (Phi) is 5.61. The lowest BCUT2D eigenvalue weighted by Gasteiger charge is -2.20. The topological polar surface area (TPSA) is 36.3 Å². The molecule has 0 bridgehead atoms. The van der Waals surface area contributed by atoms with Crippen LogP contribution in [0.2, 0.25) is 0 Å². The first kappa shape index (κ1) is 16.6. The monoisotopic (exact) mass is 302 g/mol. The van der Waals surface area contributed by atoms with E-state index in [4.69, 9.17) is 9.47 Å². The lowest BCUT2D eigenvalue weighted by molar-refractivity contribution is 0.0941. The third-order valence-electron chi connectivity index (χ3n) is 3.58. The molecule has 22 heavy (non-hydrogen) atoms. The number of hydrogen-bond acceptors (Lipinski definition) is 3. The van der Waals surface area contributed by atoms with Gasteiger partial charge in [0, 0.05) is 18.9 Å². The first-order valence-corrected chi connectivity index (χ1v) is 7.74. The summed E-state index contributed by atoms with van der Waals surface area (Å²) in [6, 6.07) is 6.40. The molecule has 0 spiro atoms. The summed E-state index contributed by atoms with van der Waals surface area (Å²) < 4.78 is 13.4. The fraction of sp³-hybridized carbons (Fsp3) is 0.500. The summed E-state index contributed by atoms with van der Waals surface area (Å²) in [6.45, 7) is 11.4. The Hall–Kier alpha value is -1.81. The Balaban J connectivity index is 1.70. The van der Waals surface area contributed by atoms with Crippen molar-refractivity contribution in [2.45, 2.75) is 39.7 Å². The van der Waals surface area contributed by atoms with Gasteiger partial charge in [0.05, 0.1) is 19.5 Å². The molecule has 4 nitrogen and oxygen atoms in total. The first-order chi connectivity index (χ1) is 10.5. The molecule has 120 valence electrons. The number of hydrogen-bond donors (Lipinski definition) is 0. The zero-order chi connectivity index (χ0) is 16.0. The van der Waals surface area contributed by atoms with E-state index < -0.39 is 0 Å². The van der Waals surface area contributed by atoms with E-state index in [1.165, 1.54) is 11.1 Å². The van der Waals surface area contributed by atoms with Gasteiger partial charge in [-0.1, -0.05) is 32.9 Å². The second-order valence-electron chi connectivity index (χ2n) is 6.49. The van der Waals surface area contributed by atoms with E-state index in [0.29, 0.717) is 19.8 Å². The normalized spacial score (nSPS) is 11.6. The highest BCUT2D eigenvalue weighted by atomic mass is 16.5. The lowest BCUT2D eigenvalue weighted by Crippen LogP contribution is -2.13. The number of aromatic nitrogens is 2. The molecule has 4 heteroatoms. The molecule has 0 saturated carbocycles. The van der Waals surface area contributed by atoms with E-state index in [0.717, 1.165) is 12.3 Å². The van der Waals surface area contributed by atoms with Crippen molar-refractivity contribution in [2.24, 2.45) is 0 Å². The van der Waals surface area contributed by atoms with Gasteiger partial charge in [-0.3, -0.25) is 0 Å². The van der Waals surface area contributed by atoms with Crippen LogP contribution in [0.4, 0.5) is 0 Å². The van der Waals surface area contributed by atoms with Gasteiger partial charge in [-0.2, -0.15) is 0 Å². The molecule has 0 atom stereocenters. The fourth-order valence-corrected chi connectivity index (χ4v) is 2.18. The number of ether oxygens (including phenoxy) is 2. The smallest absolute Gasteiger partial charge is 0.122 e. The van der Waals surface area contributed by atoms with Gasteiger partial charge in [0.25, 0.3) is 0 Å². The summed E-state index contributed by atoms with van der Waals surface area (Å²) in [4.78, 5) is 3.99. The van der Waals surface area contributed by atoms with Crippen LogP contribution in [0.3, 0.4) is 0 Å². The summed E-state index contributed by atoms with van der Waals surface area (Å²) >= 11 is 0. The Morgan fingerprint density at radius 3 is 2.59 bits per heavy atom. The van der Waals surface area contributed by atoms with Gasteiger partial charge >= 0.3 is 0 Å². The van der Waals surface area contributed by atoms with Crippen LogP contribution in [-0.4, -0.2) is 29.4 Å². The van der Waals surface area contributed by atoms with Gasteiger partial charge in [0.1, 0.15) is 12.4 Å². The van der Waals surface area contributed by atoms with Gasteiger partial charge in [-0.25, -0.2) is 4.98 Å². The van der Waals surface area contributed by atoms with E-state index in [1.54, 1.807) is 12.5 Å². The van der Waals surface area contributed by atoms with Gasteiger partial charge in [0.15, 0.2) is 0 Å². The van der Waals surface area contributed by atoms with Crippen molar-refractivity contribution in [1.29, 1.82) is 0 Å². The van der Waals surface area contributed by atoms with Crippen LogP contribution >= 0.6 is 0 Å². The summed E-state index contributed by atoms with van der Waals surface area (Å²) in [5, 5.41) is 0. The number of benzene rings is 1. The maximum Gasteiger partial charge on any atom is 0.122 e. The van der Waals surface area contributed by atoms with Crippen LogP contribution in [0, 0.1) is 6.92 Å². The highest BCUT2D eigenvalue weighted by molar-refractivity contribution is 5.38. The average Bonchev–Trinajstić information content (AvgIpc) is 2.96. The number of imidazole rings is 1. The molecule has 0 amide bonds. The summed E-state index contributed by atoms with van der Waals surface area (Å²) in [5.74, 6) is 0.936. The van der Waals surface area contributed by atoms with Gasteiger partial charge < -0.3 is 14.0 Å². The molecule has 0 aliphatic rings. The largest absolute Gasteiger partial charge is 0.491 e. The maximum absolute atomic E-state index is 5.80. The van der Waals surface area contributed by atoms with Crippen LogP contribution in [0.5, 0.6) is 5.75 Å². The molecule has 2 rings (SSSR count). The number of rotatable bonds is 7. The minimum absolute atomic E-state index is 0.166. The van der Waals surface area contributed by atoms with Crippen molar-refractivity contribution in [3.8, 4) is 5.75 Å².